The van der Waals surface area contributed by atoms with Crippen molar-refractivity contribution in [1.82, 2.24) is 19.7 Å². The number of ether oxygens (including phenoxy) is 3. The van der Waals surface area contributed by atoms with Gasteiger partial charge in [-0.3, -0.25) is 4.79 Å². The maximum absolute atomic E-state index is 11.2. The molecule has 8 nitrogen and oxygen atoms in total. The van der Waals surface area contributed by atoms with Gasteiger partial charge < -0.3 is 14.2 Å². The predicted molar refractivity (Wildman–Crippen MR) is 134 cm³/mol. The number of hydrogen-bond acceptors (Lipinski definition) is 7. The smallest absolute Gasteiger partial charge is 0.302 e. The molecule has 182 valence electrons. The van der Waals surface area contributed by atoms with Crippen LogP contribution in [0.25, 0.3) is 33.7 Å². The molecule has 0 saturated heterocycles. The first-order chi connectivity index (χ1) is 17.1. The number of fused-ring (bicyclic) bond motifs is 1. The Bertz CT molecular complexity index is 1270. The summed E-state index contributed by atoms with van der Waals surface area (Å²) in [5, 5.41) is 4.42. The molecule has 0 aliphatic rings. The van der Waals surface area contributed by atoms with Crippen molar-refractivity contribution in [2.75, 3.05) is 19.8 Å². The molecule has 4 rings (SSSR count). The highest BCUT2D eigenvalue weighted by molar-refractivity contribution is 5.84. The van der Waals surface area contributed by atoms with Crippen molar-refractivity contribution in [2.24, 2.45) is 0 Å². The first kappa shape index (κ1) is 24.2. The molecule has 0 radical (unpaired) electrons. The van der Waals surface area contributed by atoms with Gasteiger partial charge in [0, 0.05) is 18.1 Å². The van der Waals surface area contributed by atoms with E-state index in [4.69, 9.17) is 24.2 Å². The number of benzene rings is 2. The van der Waals surface area contributed by atoms with E-state index in [1.54, 1.807) is 10.9 Å². The lowest BCUT2D eigenvalue weighted by Crippen LogP contribution is -2.10. The molecule has 0 atom stereocenters. The molecular formula is C27H30N4O4. The van der Waals surface area contributed by atoms with Gasteiger partial charge >= 0.3 is 5.97 Å². The minimum absolute atomic E-state index is 0.216. The lowest BCUT2D eigenvalue weighted by molar-refractivity contribution is -0.141. The SMILES string of the molecule is CCCOc1ccc(-c2nc3cnn(CCOC(C)=O)c3nc2-c2ccc(OCCC)cc2)cc1. The van der Waals surface area contributed by atoms with Crippen LogP contribution in [0, 0.1) is 0 Å². The van der Waals surface area contributed by atoms with Gasteiger partial charge in [-0.15, -0.1) is 0 Å². The van der Waals surface area contributed by atoms with Crippen LogP contribution < -0.4 is 9.47 Å². The highest BCUT2D eigenvalue weighted by Crippen LogP contribution is 2.32. The normalized spacial score (nSPS) is 10.9. The van der Waals surface area contributed by atoms with Crippen molar-refractivity contribution < 1.29 is 19.0 Å². The summed E-state index contributed by atoms with van der Waals surface area (Å²) in [6, 6.07) is 15.8. The van der Waals surface area contributed by atoms with Crippen molar-refractivity contribution in [2.45, 2.75) is 40.2 Å². The molecule has 8 heteroatoms. The van der Waals surface area contributed by atoms with Gasteiger partial charge in [0.25, 0.3) is 0 Å². The van der Waals surface area contributed by atoms with Crippen LogP contribution in [0.3, 0.4) is 0 Å². The van der Waals surface area contributed by atoms with Gasteiger partial charge in [-0.25, -0.2) is 14.6 Å². The summed E-state index contributed by atoms with van der Waals surface area (Å²) in [4.78, 5) is 21.0. The van der Waals surface area contributed by atoms with E-state index in [0.29, 0.717) is 30.9 Å². The molecule has 4 aromatic rings. The van der Waals surface area contributed by atoms with Crippen LogP contribution in [0.1, 0.15) is 33.6 Å². The second-order valence-corrected chi connectivity index (χ2v) is 8.08. The van der Waals surface area contributed by atoms with Gasteiger partial charge in [-0.1, -0.05) is 13.8 Å². The highest BCUT2D eigenvalue weighted by atomic mass is 16.5. The number of aromatic nitrogens is 4. The van der Waals surface area contributed by atoms with Gasteiger partial charge in [-0.05, 0) is 61.4 Å². The Kier molecular flexibility index (Phi) is 7.92. The maximum atomic E-state index is 11.2. The number of carbonyl (C=O) groups excluding carboxylic acids is 1. The fourth-order valence-corrected chi connectivity index (χ4v) is 3.60. The van der Waals surface area contributed by atoms with E-state index >= 15 is 0 Å². The molecule has 2 aromatic carbocycles. The number of rotatable bonds is 11. The monoisotopic (exact) mass is 474 g/mol. The third kappa shape index (κ3) is 5.95. The first-order valence-corrected chi connectivity index (χ1v) is 11.9. The third-order valence-corrected chi connectivity index (χ3v) is 5.28. The van der Waals surface area contributed by atoms with E-state index in [2.05, 4.69) is 18.9 Å². The van der Waals surface area contributed by atoms with Crippen molar-refractivity contribution >= 4 is 17.1 Å². The van der Waals surface area contributed by atoms with E-state index in [0.717, 1.165) is 46.9 Å². The molecule has 0 aliphatic carbocycles. The Balaban J connectivity index is 1.74. The lowest BCUT2D eigenvalue weighted by Gasteiger charge is -2.12. The summed E-state index contributed by atoms with van der Waals surface area (Å²) in [7, 11) is 0. The number of carbonyl (C=O) groups is 1. The van der Waals surface area contributed by atoms with Crippen LogP contribution in [0.5, 0.6) is 11.5 Å². The lowest BCUT2D eigenvalue weighted by atomic mass is 10.0. The predicted octanol–water partition coefficient (Wildman–Crippen LogP) is 5.30. The Morgan fingerprint density at radius 1 is 0.800 bits per heavy atom. The Labute approximate surface area is 204 Å². The van der Waals surface area contributed by atoms with Crippen molar-refractivity contribution in [3.8, 4) is 34.0 Å². The summed E-state index contributed by atoms with van der Waals surface area (Å²) in [6.07, 6.45) is 3.58. The minimum atomic E-state index is -0.327. The summed E-state index contributed by atoms with van der Waals surface area (Å²) in [6.45, 7) is 7.50. The van der Waals surface area contributed by atoms with Crippen LogP contribution in [0.4, 0.5) is 0 Å². The summed E-state index contributed by atoms with van der Waals surface area (Å²) >= 11 is 0. The zero-order valence-corrected chi connectivity index (χ0v) is 20.4. The zero-order valence-electron chi connectivity index (χ0n) is 20.4. The van der Waals surface area contributed by atoms with Crippen LogP contribution in [-0.2, 0) is 16.1 Å². The fourth-order valence-electron chi connectivity index (χ4n) is 3.60. The quantitative estimate of drug-likeness (QED) is 0.273. The molecular weight excluding hydrogens is 444 g/mol. The summed E-state index contributed by atoms with van der Waals surface area (Å²) in [5.74, 6) is 1.31. The molecule has 35 heavy (non-hydrogen) atoms. The molecule has 0 amide bonds. The number of hydrogen-bond donors (Lipinski definition) is 0. The zero-order chi connectivity index (χ0) is 24.6. The average Bonchev–Trinajstić information content (AvgIpc) is 3.27. The first-order valence-electron chi connectivity index (χ1n) is 11.9. The molecule has 0 N–H and O–H groups in total. The summed E-state index contributed by atoms with van der Waals surface area (Å²) < 4.78 is 18.3. The van der Waals surface area contributed by atoms with Gasteiger partial charge in [0.1, 0.15) is 23.6 Å². The molecule has 0 fully saturated rings. The highest BCUT2D eigenvalue weighted by Gasteiger charge is 2.17. The van der Waals surface area contributed by atoms with Gasteiger partial charge in [0.2, 0.25) is 0 Å². The second-order valence-electron chi connectivity index (χ2n) is 8.08. The van der Waals surface area contributed by atoms with Crippen LogP contribution >= 0.6 is 0 Å². The standard InChI is InChI=1S/C27H30N4O4/c1-4-15-34-22-10-6-20(7-11-22)25-26(21-8-12-23(13-9-21)35-16-5-2)30-27-24(29-25)18-28-31(27)14-17-33-19(3)32/h6-13,18H,4-5,14-17H2,1-3H3. The molecule has 0 bridgehead atoms. The molecule has 0 saturated carbocycles. The topological polar surface area (TPSA) is 88.4 Å². The van der Waals surface area contributed by atoms with Crippen LogP contribution in [0.2, 0.25) is 0 Å². The van der Waals surface area contributed by atoms with Gasteiger partial charge in [-0.2, -0.15) is 5.10 Å². The van der Waals surface area contributed by atoms with Crippen LogP contribution in [0.15, 0.2) is 54.7 Å². The largest absolute Gasteiger partial charge is 0.494 e. The van der Waals surface area contributed by atoms with E-state index in [1.807, 2.05) is 48.5 Å². The molecule has 0 aliphatic heterocycles. The van der Waals surface area contributed by atoms with Crippen molar-refractivity contribution in [1.29, 1.82) is 0 Å². The Morgan fingerprint density at radius 3 is 1.86 bits per heavy atom. The average molecular weight is 475 g/mol. The van der Waals surface area contributed by atoms with E-state index < -0.39 is 0 Å². The second kappa shape index (κ2) is 11.5. The van der Waals surface area contributed by atoms with E-state index in [9.17, 15) is 4.79 Å². The Morgan fingerprint density at radius 2 is 1.34 bits per heavy atom. The Hall–Kier alpha value is -3.94. The molecule has 0 unspecified atom stereocenters. The summed E-state index contributed by atoms with van der Waals surface area (Å²) in [5.41, 5.74) is 4.62. The maximum Gasteiger partial charge on any atom is 0.302 e. The van der Waals surface area contributed by atoms with Crippen LogP contribution in [-0.4, -0.2) is 45.5 Å². The van der Waals surface area contributed by atoms with E-state index in [1.165, 1.54) is 6.92 Å². The van der Waals surface area contributed by atoms with Gasteiger partial charge in [0.15, 0.2) is 5.65 Å². The number of nitrogens with zero attached hydrogens (tertiary/aromatic N) is 4. The molecule has 0 spiro atoms. The molecule has 2 heterocycles. The van der Waals surface area contributed by atoms with Crippen molar-refractivity contribution in [3.05, 3.63) is 54.7 Å². The third-order valence-electron chi connectivity index (χ3n) is 5.28. The van der Waals surface area contributed by atoms with Crippen molar-refractivity contribution in [3.63, 3.8) is 0 Å². The number of esters is 1. The van der Waals surface area contributed by atoms with E-state index in [-0.39, 0.29) is 12.6 Å². The molecule has 2 aromatic heterocycles. The van der Waals surface area contributed by atoms with Gasteiger partial charge in [0.05, 0.1) is 37.3 Å². The fraction of sp³-hybridized carbons (Fsp3) is 0.333. The minimum Gasteiger partial charge on any atom is -0.494 e.